The zero-order valence-electron chi connectivity index (χ0n) is 33.7. The van der Waals surface area contributed by atoms with Gasteiger partial charge in [0.1, 0.15) is 13.2 Å². The van der Waals surface area contributed by atoms with E-state index in [2.05, 4.69) is 55.6 Å². The molecule has 1 amide bonds. The SMILES string of the molecule is CCCCC/C=C\C/C=C\C/C=C\CC1OC1CCCC(=O)N[C@@H](COP(=O)(O)OCC[N+](C)(C)C)[C@H](O)/C=C/CCCCCCCCCCCC. The van der Waals surface area contributed by atoms with Crippen LogP contribution >= 0.6 is 7.82 Å². The molecule has 1 fully saturated rings. The number of carbonyl (C=O) groups is 1. The molecule has 0 saturated carbocycles. The Bertz CT molecular complexity index is 1060. The highest BCUT2D eigenvalue weighted by atomic mass is 31.2. The highest BCUT2D eigenvalue weighted by Crippen LogP contribution is 2.43. The summed E-state index contributed by atoms with van der Waals surface area (Å²) in [6.07, 6.45) is 39.0. The third-order valence-corrected chi connectivity index (χ3v) is 10.2. The van der Waals surface area contributed by atoms with Crippen LogP contribution in [0, 0.1) is 0 Å². The van der Waals surface area contributed by atoms with Crippen molar-refractivity contribution in [3.8, 4) is 0 Å². The molecule has 52 heavy (non-hydrogen) atoms. The lowest BCUT2D eigenvalue weighted by atomic mass is 10.1. The number of hydrogen-bond acceptors (Lipinski definition) is 6. The second kappa shape index (κ2) is 30.7. The fraction of sp³-hybridized carbons (Fsp3) is 0.786. The number of ether oxygens (including phenoxy) is 1. The van der Waals surface area contributed by atoms with Crippen molar-refractivity contribution in [2.75, 3.05) is 40.9 Å². The summed E-state index contributed by atoms with van der Waals surface area (Å²) in [5.41, 5.74) is 0. The minimum Gasteiger partial charge on any atom is -0.387 e. The second-order valence-electron chi connectivity index (χ2n) is 15.4. The van der Waals surface area contributed by atoms with Crippen molar-refractivity contribution in [2.24, 2.45) is 0 Å². The van der Waals surface area contributed by atoms with Gasteiger partial charge in [-0.3, -0.25) is 13.8 Å². The maximum atomic E-state index is 12.9. The van der Waals surface area contributed by atoms with Gasteiger partial charge < -0.3 is 24.5 Å². The molecular formula is C42H78N2O7P+. The molecular weight excluding hydrogens is 675 g/mol. The van der Waals surface area contributed by atoms with Crippen LogP contribution in [0.1, 0.15) is 149 Å². The minimum absolute atomic E-state index is 0.0454. The number of carbonyl (C=O) groups excluding carboxylic acids is 1. The number of likely N-dealkylation sites (N-methyl/N-ethyl adjacent to an activating group) is 1. The molecule has 0 spiro atoms. The van der Waals surface area contributed by atoms with Crippen LogP contribution in [0.3, 0.4) is 0 Å². The Morgan fingerprint density at radius 1 is 0.769 bits per heavy atom. The van der Waals surface area contributed by atoms with Crippen LogP contribution in [0.2, 0.25) is 0 Å². The smallest absolute Gasteiger partial charge is 0.387 e. The number of phosphoric acid groups is 1. The number of epoxide rings is 1. The van der Waals surface area contributed by atoms with Gasteiger partial charge in [0.15, 0.2) is 0 Å². The number of nitrogens with one attached hydrogen (secondary N) is 1. The van der Waals surface area contributed by atoms with Gasteiger partial charge in [-0.2, -0.15) is 0 Å². The van der Waals surface area contributed by atoms with E-state index in [0.29, 0.717) is 17.4 Å². The fourth-order valence-corrected chi connectivity index (χ4v) is 6.51. The van der Waals surface area contributed by atoms with Gasteiger partial charge >= 0.3 is 7.82 Å². The highest BCUT2D eigenvalue weighted by molar-refractivity contribution is 7.47. The van der Waals surface area contributed by atoms with E-state index in [1.807, 2.05) is 27.2 Å². The molecule has 3 N–H and O–H groups in total. The predicted molar refractivity (Wildman–Crippen MR) is 216 cm³/mol. The molecule has 5 atom stereocenters. The Morgan fingerprint density at radius 2 is 1.33 bits per heavy atom. The Hall–Kier alpha value is -1.58. The van der Waals surface area contributed by atoms with Crippen LogP contribution in [0.15, 0.2) is 48.6 Å². The van der Waals surface area contributed by atoms with Gasteiger partial charge in [-0.25, -0.2) is 4.57 Å². The number of rotatable bonds is 35. The lowest BCUT2D eigenvalue weighted by molar-refractivity contribution is -0.870. The van der Waals surface area contributed by atoms with E-state index < -0.39 is 20.0 Å². The first kappa shape index (κ1) is 48.4. The zero-order valence-corrected chi connectivity index (χ0v) is 34.6. The normalized spacial score (nSPS) is 18.9. The Morgan fingerprint density at radius 3 is 1.98 bits per heavy atom. The first-order valence-electron chi connectivity index (χ1n) is 20.6. The zero-order chi connectivity index (χ0) is 38.3. The van der Waals surface area contributed by atoms with Crippen LogP contribution < -0.4 is 5.32 Å². The van der Waals surface area contributed by atoms with Gasteiger partial charge in [0.05, 0.1) is 52.1 Å². The molecule has 1 rings (SSSR count). The number of aliphatic hydroxyl groups is 1. The number of aliphatic hydroxyl groups excluding tert-OH is 1. The van der Waals surface area contributed by atoms with E-state index in [9.17, 15) is 19.4 Å². The average Bonchev–Trinajstić information content (AvgIpc) is 3.84. The summed E-state index contributed by atoms with van der Waals surface area (Å²) in [7, 11) is 1.51. The van der Waals surface area contributed by atoms with Crippen molar-refractivity contribution < 1.29 is 37.6 Å². The van der Waals surface area contributed by atoms with E-state index in [1.54, 1.807) is 6.08 Å². The molecule has 1 heterocycles. The highest BCUT2D eigenvalue weighted by Gasteiger charge is 2.36. The predicted octanol–water partition coefficient (Wildman–Crippen LogP) is 9.90. The summed E-state index contributed by atoms with van der Waals surface area (Å²) in [5, 5.41) is 13.8. The molecule has 3 unspecified atom stereocenters. The third-order valence-electron chi connectivity index (χ3n) is 9.22. The Kier molecular flexibility index (Phi) is 28.6. The fourth-order valence-electron chi connectivity index (χ4n) is 5.77. The minimum atomic E-state index is -4.36. The summed E-state index contributed by atoms with van der Waals surface area (Å²) in [6, 6.07) is -0.884. The van der Waals surface area contributed by atoms with Crippen LogP contribution in [-0.2, 0) is 23.1 Å². The van der Waals surface area contributed by atoms with Gasteiger partial charge in [0.2, 0.25) is 5.91 Å². The Labute approximate surface area is 318 Å². The molecule has 0 aromatic carbocycles. The van der Waals surface area contributed by atoms with E-state index >= 15 is 0 Å². The summed E-state index contributed by atoms with van der Waals surface area (Å²) < 4.78 is 29.3. The van der Waals surface area contributed by atoms with Crippen molar-refractivity contribution in [2.45, 2.75) is 173 Å². The molecule has 1 aliphatic rings. The number of unbranched alkanes of at least 4 members (excludes halogenated alkanes) is 13. The van der Waals surface area contributed by atoms with E-state index in [-0.39, 0.29) is 37.7 Å². The average molecular weight is 754 g/mol. The van der Waals surface area contributed by atoms with Crippen LogP contribution in [0.4, 0.5) is 0 Å². The molecule has 302 valence electrons. The van der Waals surface area contributed by atoms with Gasteiger partial charge in [0, 0.05) is 6.42 Å². The summed E-state index contributed by atoms with van der Waals surface area (Å²) in [5.74, 6) is -0.242. The largest absolute Gasteiger partial charge is 0.472 e. The molecule has 1 aliphatic heterocycles. The lowest BCUT2D eigenvalue weighted by Gasteiger charge is -2.25. The molecule has 0 bridgehead atoms. The number of nitrogens with zero attached hydrogens (tertiary/aromatic N) is 1. The van der Waals surface area contributed by atoms with Gasteiger partial charge in [0.25, 0.3) is 0 Å². The van der Waals surface area contributed by atoms with Gasteiger partial charge in [-0.05, 0) is 57.8 Å². The van der Waals surface area contributed by atoms with Crippen molar-refractivity contribution in [3.63, 3.8) is 0 Å². The topological polar surface area (TPSA) is 118 Å². The number of amides is 1. The second-order valence-corrected chi connectivity index (χ2v) is 16.9. The maximum absolute atomic E-state index is 12.9. The van der Waals surface area contributed by atoms with Crippen LogP contribution in [-0.4, -0.2) is 85.6 Å². The number of quaternary nitrogens is 1. The standard InChI is InChI=1S/C42H77N2O7P/c1-6-8-10-12-14-16-18-20-22-24-26-28-31-39(45)38(37-50-52(47,48)49-36-35-44(3,4)5)43-42(46)34-30-33-41-40(51-41)32-29-27-25-23-21-19-17-15-13-11-9-7-2/h15,17,21,23,27-29,31,38-41,45H,6-14,16,18-20,22,24-26,30,32-37H2,1-5H3,(H-,43,46,47,48)/p+1/b17-15-,23-21-,29-27-,31-28+/t38-,39+,40?,41?/m0/s1. The first-order chi connectivity index (χ1) is 25.0. The number of allylic oxidation sites excluding steroid dienone is 6. The quantitative estimate of drug-likeness (QED) is 0.0194. The van der Waals surface area contributed by atoms with E-state index in [0.717, 1.165) is 44.9 Å². The van der Waals surface area contributed by atoms with Crippen molar-refractivity contribution in [3.05, 3.63) is 48.6 Å². The number of hydrogen-bond donors (Lipinski definition) is 3. The summed E-state index contributed by atoms with van der Waals surface area (Å²) in [6.45, 7) is 4.69. The molecule has 0 aromatic rings. The van der Waals surface area contributed by atoms with Crippen molar-refractivity contribution in [1.29, 1.82) is 0 Å². The van der Waals surface area contributed by atoms with Crippen LogP contribution in [0.25, 0.3) is 0 Å². The Balaban J connectivity index is 2.42. The van der Waals surface area contributed by atoms with Gasteiger partial charge in [-0.1, -0.05) is 133 Å². The first-order valence-corrected chi connectivity index (χ1v) is 22.1. The summed E-state index contributed by atoms with van der Waals surface area (Å²) in [4.78, 5) is 23.1. The lowest BCUT2D eigenvalue weighted by Crippen LogP contribution is -2.45. The molecule has 1 saturated heterocycles. The van der Waals surface area contributed by atoms with E-state index in [1.165, 1.54) is 77.0 Å². The maximum Gasteiger partial charge on any atom is 0.472 e. The molecule has 0 aromatic heterocycles. The van der Waals surface area contributed by atoms with Gasteiger partial charge in [-0.15, -0.1) is 0 Å². The molecule has 9 nitrogen and oxygen atoms in total. The molecule has 0 aliphatic carbocycles. The summed E-state index contributed by atoms with van der Waals surface area (Å²) >= 11 is 0. The molecule has 10 heteroatoms. The third kappa shape index (κ3) is 29.8. The van der Waals surface area contributed by atoms with Crippen LogP contribution in [0.5, 0.6) is 0 Å². The van der Waals surface area contributed by atoms with Crippen molar-refractivity contribution in [1.82, 2.24) is 5.32 Å². The number of phosphoric ester groups is 1. The molecule has 0 radical (unpaired) electrons. The van der Waals surface area contributed by atoms with Crippen molar-refractivity contribution >= 4 is 13.7 Å². The monoisotopic (exact) mass is 754 g/mol. The van der Waals surface area contributed by atoms with E-state index in [4.69, 9.17) is 13.8 Å².